The Morgan fingerprint density at radius 1 is 0.652 bits per heavy atom. The molecule has 0 aromatic heterocycles. The van der Waals surface area contributed by atoms with E-state index in [4.69, 9.17) is 9.47 Å². The zero-order valence-electron chi connectivity index (χ0n) is 27.3. The molecule has 3 atom stereocenters. The summed E-state index contributed by atoms with van der Waals surface area (Å²) >= 11 is 4.30. The van der Waals surface area contributed by atoms with Crippen LogP contribution in [0.1, 0.15) is 109 Å². The van der Waals surface area contributed by atoms with Crippen LogP contribution in [0.3, 0.4) is 0 Å². The highest BCUT2D eigenvalue weighted by molar-refractivity contribution is 7.80. The van der Waals surface area contributed by atoms with Gasteiger partial charge in [0.25, 0.3) is 0 Å². The van der Waals surface area contributed by atoms with E-state index in [1.165, 1.54) is 70.8 Å². The molecular weight excluding hydrogens is 587 g/mol. The molecule has 0 radical (unpaired) electrons. The van der Waals surface area contributed by atoms with Crippen molar-refractivity contribution in [3.8, 4) is 0 Å². The number of anilines is 1. The van der Waals surface area contributed by atoms with Crippen LogP contribution in [0.15, 0.2) is 83.8 Å². The zero-order valence-corrected chi connectivity index (χ0v) is 28.2. The molecule has 242 valence electrons. The Morgan fingerprint density at radius 2 is 1.22 bits per heavy atom. The Kier molecular flexibility index (Phi) is 11.5. The summed E-state index contributed by atoms with van der Waals surface area (Å²) in [4.78, 5) is 13.2. The minimum Gasteiger partial charge on any atom is -0.342 e. The fraction of sp³-hybridized carbons (Fsp3) is 0.439. The van der Waals surface area contributed by atoms with E-state index >= 15 is 0 Å². The summed E-state index contributed by atoms with van der Waals surface area (Å²) in [5.41, 5.74) is 1.98. The Hall–Kier alpha value is -3.12. The maximum Gasteiger partial charge on any atom is 0.224 e. The van der Waals surface area contributed by atoms with E-state index in [-0.39, 0.29) is 24.4 Å². The summed E-state index contributed by atoms with van der Waals surface area (Å²) in [6, 6.07) is 27.6. The van der Waals surface area contributed by atoms with Gasteiger partial charge in [-0.2, -0.15) is 0 Å². The first kappa shape index (κ1) is 32.8. The lowest BCUT2D eigenvalue weighted by atomic mass is 9.92. The molecule has 1 heterocycles. The molecule has 1 N–H and O–H groups in total. The number of carbonyl (C=O) groups excluding carboxylic acids is 1. The van der Waals surface area contributed by atoms with Gasteiger partial charge in [-0.05, 0) is 75.8 Å². The van der Waals surface area contributed by atoms with Crippen LogP contribution in [0, 0.1) is 0 Å². The summed E-state index contributed by atoms with van der Waals surface area (Å²) in [5, 5.41) is 10.7. The Morgan fingerprint density at radius 3 is 1.89 bits per heavy atom. The van der Waals surface area contributed by atoms with Crippen molar-refractivity contribution < 1.29 is 14.3 Å². The molecule has 5 aromatic carbocycles. The van der Waals surface area contributed by atoms with Gasteiger partial charge in [0.15, 0.2) is 6.29 Å². The first-order chi connectivity index (χ1) is 22.6. The molecule has 1 fully saturated rings. The van der Waals surface area contributed by atoms with E-state index in [1.54, 1.807) is 0 Å². The number of thiol groups is 1. The number of ether oxygens (including phenoxy) is 2. The van der Waals surface area contributed by atoms with Gasteiger partial charge in [0.2, 0.25) is 5.91 Å². The lowest BCUT2D eigenvalue weighted by Crippen LogP contribution is -2.22. The number of unbranched alkanes of at least 4 members (excludes halogenated alkanes) is 9. The van der Waals surface area contributed by atoms with E-state index in [9.17, 15) is 4.79 Å². The second-order valence-corrected chi connectivity index (χ2v) is 13.7. The molecule has 1 aliphatic heterocycles. The lowest BCUT2D eigenvalue weighted by Gasteiger charge is -2.17. The van der Waals surface area contributed by atoms with Gasteiger partial charge in [-0.1, -0.05) is 126 Å². The molecular formula is C41H49NO3S. The van der Waals surface area contributed by atoms with Crippen molar-refractivity contribution in [1.29, 1.82) is 0 Å². The van der Waals surface area contributed by atoms with E-state index in [0.29, 0.717) is 6.42 Å². The molecule has 5 aromatic rings. The van der Waals surface area contributed by atoms with Crippen LogP contribution >= 0.6 is 12.6 Å². The molecule has 0 saturated carbocycles. The van der Waals surface area contributed by atoms with E-state index in [1.807, 2.05) is 24.3 Å². The number of hydrogen-bond acceptors (Lipinski definition) is 4. The second-order valence-electron chi connectivity index (χ2n) is 13.1. The normalized spacial score (nSPS) is 18.3. The zero-order chi connectivity index (χ0) is 31.7. The molecule has 0 bridgehead atoms. The van der Waals surface area contributed by atoms with Crippen LogP contribution in [-0.4, -0.2) is 18.1 Å². The van der Waals surface area contributed by atoms with Gasteiger partial charge < -0.3 is 14.8 Å². The van der Waals surface area contributed by atoms with Gasteiger partial charge in [-0.15, -0.1) is 12.6 Å². The number of nitrogens with one attached hydrogen (secondary N) is 1. The highest BCUT2D eigenvalue weighted by Gasteiger charge is 2.37. The number of carbonyl (C=O) groups is 1. The Balaban J connectivity index is 1.04. The quantitative estimate of drug-likeness (QED) is 0.0607. The summed E-state index contributed by atoms with van der Waals surface area (Å²) in [7, 11) is 0. The smallest absolute Gasteiger partial charge is 0.224 e. The van der Waals surface area contributed by atoms with Gasteiger partial charge in [-0.25, -0.2) is 0 Å². The topological polar surface area (TPSA) is 47.6 Å². The molecule has 6 rings (SSSR count). The van der Waals surface area contributed by atoms with Crippen LogP contribution in [0.25, 0.3) is 32.3 Å². The van der Waals surface area contributed by atoms with Crippen LogP contribution in [0.4, 0.5) is 5.69 Å². The number of amides is 1. The van der Waals surface area contributed by atoms with Gasteiger partial charge in [0, 0.05) is 22.6 Å². The minimum absolute atomic E-state index is 0.0822. The van der Waals surface area contributed by atoms with Crippen LogP contribution < -0.4 is 5.32 Å². The van der Waals surface area contributed by atoms with Crippen LogP contribution in [-0.2, 0) is 14.3 Å². The number of rotatable bonds is 17. The highest BCUT2D eigenvalue weighted by Crippen LogP contribution is 2.42. The van der Waals surface area contributed by atoms with Gasteiger partial charge in [-0.3, -0.25) is 4.79 Å². The maximum absolute atomic E-state index is 12.3. The summed E-state index contributed by atoms with van der Waals surface area (Å²) in [5.74, 6) is 0.0822. The highest BCUT2D eigenvalue weighted by atomic mass is 32.1. The third-order valence-electron chi connectivity index (χ3n) is 9.71. The van der Waals surface area contributed by atoms with Crippen molar-refractivity contribution >= 4 is 56.5 Å². The number of benzene rings is 5. The first-order valence-corrected chi connectivity index (χ1v) is 18.1. The monoisotopic (exact) mass is 635 g/mol. The molecule has 1 saturated heterocycles. The molecule has 0 aliphatic carbocycles. The molecule has 4 nitrogen and oxygen atoms in total. The van der Waals surface area contributed by atoms with Crippen LogP contribution in [0.5, 0.6) is 0 Å². The van der Waals surface area contributed by atoms with Crippen molar-refractivity contribution in [2.24, 2.45) is 0 Å². The molecule has 5 heteroatoms. The lowest BCUT2D eigenvalue weighted by molar-refractivity contribution is -0.116. The van der Waals surface area contributed by atoms with Gasteiger partial charge >= 0.3 is 0 Å². The van der Waals surface area contributed by atoms with Crippen molar-refractivity contribution in [3.05, 3.63) is 84.4 Å². The summed E-state index contributed by atoms with van der Waals surface area (Å²) in [6.45, 7) is 2.27. The van der Waals surface area contributed by atoms with E-state index in [0.717, 1.165) is 61.1 Å². The van der Waals surface area contributed by atoms with Crippen LogP contribution in [0.2, 0.25) is 0 Å². The third-order valence-corrected chi connectivity index (χ3v) is 10.0. The predicted octanol–water partition coefficient (Wildman–Crippen LogP) is 11.8. The summed E-state index contributed by atoms with van der Waals surface area (Å²) in [6.07, 6.45) is 15.7. The standard InChI is InChI=1S/C41H49NO3S/c1-2-3-4-5-7-10-16-36-37(17-11-8-6-9-12-18-38(43)42-32-23-25-33(46)26-24-32)45-41(44-36)35-28-22-31-20-19-29-14-13-15-30-21-27-34(35)40(31)39(29)30/h13-15,19-28,36-37,41,46H,2-12,16-18H2,1H3,(H,42,43). The van der Waals surface area contributed by atoms with Crippen molar-refractivity contribution in [2.75, 3.05) is 5.32 Å². The first-order valence-electron chi connectivity index (χ1n) is 17.7. The maximum atomic E-state index is 12.3. The van der Waals surface area contributed by atoms with Gasteiger partial charge in [0.05, 0.1) is 12.2 Å². The van der Waals surface area contributed by atoms with Gasteiger partial charge in [0.1, 0.15) is 0 Å². The molecule has 3 unspecified atom stereocenters. The van der Waals surface area contributed by atoms with Crippen molar-refractivity contribution in [3.63, 3.8) is 0 Å². The van der Waals surface area contributed by atoms with Crippen molar-refractivity contribution in [1.82, 2.24) is 0 Å². The average Bonchev–Trinajstić information content (AvgIpc) is 3.48. The third kappa shape index (κ3) is 8.05. The van der Waals surface area contributed by atoms with Crippen molar-refractivity contribution in [2.45, 2.75) is 120 Å². The summed E-state index contributed by atoms with van der Waals surface area (Å²) < 4.78 is 13.6. The molecule has 1 amide bonds. The fourth-order valence-electron chi connectivity index (χ4n) is 7.20. The second kappa shape index (κ2) is 16.1. The molecule has 46 heavy (non-hydrogen) atoms. The number of hydrogen-bond donors (Lipinski definition) is 2. The van der Waals surface area contributed by atoms with E-state index < -0.39 is 0 Å². The molecule has 0 spiro atoms. The SMILES string of the molecule is CCCCCCCCC1OC(c2ccc3ccc4cccc5ccc2c3c45)OC1CCCCCCCC(=O)Nc1ccc(S)cc1. The molecule has 1 aliphatic rings. The Bertz CT molecular complexity index is 1680. The predicted molar refractivity (Wildman–Crippen MR) is 195 cm³/mol. The Labute approximate surface area is 280 Å². The average molecular weight is 636 g/mol. The van der Waals surface area contributed by atoms with E-state index in [2.05, 4.69) is 79.5 Å². The fourth-order valence-corrected chi connectivity index (χ4v) is 7.35. The largest absolute Gasteiger partial charge is 0.342 e. The minimum atomic E-state index is -0.331.